The molecule has 0 saturated heterocycles. The lowest BCUT2D eigenvalue weighted by Crippen LogP contribution is -1.81. The number of aryl methyl sites for hydroxylation is 1. The second kappa shape index (κ2) is 5.86. The van der Waals surface area contributed by atoms with Gasteiger partial charge in [-0.1, -0.05) is 13.0 Å². The number of hydrogen-bond donors (Lipinski definition) is 0. The third kappa shape index (κ3) is 11.3. The van der Waals surface area contributed by atoms with E-state index in [0.29, 0.717) is 0 Å². The first-order valence-corrected chi connectivity index (χ1v) is 4.86. The summed E-state index contributed by atoms with van der Waals surface area (Å²) in [5, 5.41) is 0. The van der Waals surface area contributed by atoms with Gasteiger partial charge in [0.15, 0.2) is 0 Å². The lowest BCUT2D eigenvalue weighted by atomic mass is 10.3. The van der Waals surface area contributed by atoms with E-state index >= 15 is 0 Å². The third-order valence-corrected chi connectivity index (χ3v) is 1.09. The number of aromatic nitrogens is 1. The minimum Gasteiger partial charge on any atom is -0.261 e. The number of rotatable bonds is 1. The van der Waals surface area contributed by atoms with Crippen LogP contribution in [0.2, 0.25) is 0 Å². The van der Waals surface area contributed by atoms with Crippen LogP contribution >= 0.6 is 8.51 Å². The van der Waals surface area contributed by atoms with E-state index < -0.39 is 8.51 Å². The first kappa shape index (κ1) is 12.3. The van der Waals surface area contributed by atoms with Gasteiger partial charge in [0.05, 0.1) is 0 Å². The molecule has 6 heteroatoms. The summed E-state index contributed by atoms with van der Waals surface area (Å²) >= 11 is 0. The molecular formula is C7H9F4NP. The Bertz CT molecular complexity index is 218. The van der Waals surface area contributed by atoms with Crippen molar-refractivity contribution in [1.29, 1.82) is 0 Å². The van der Waals surface area contributed by atoms with Gasteiger partial charge in [0.25, 0.3) is 0 Å². The molecule has 0 atom stereocenters. The molecule has 0 aromatic carbocycles. The van der Waals surface area contributed by atoms with Gasteiger partial charge in [-0.25, -0.2) is 0 Å². The molecule has 1 heterocycles. The largest absolute Gasteiger partial charge is 0.537 e. The molecular weight excluding hydrogens is 205 g/mol. The fraction of sp³-hybridized carbons (Fsp3) is 0.286. The van der Waals surface area contributed by atoms with E-state index in [9.17, 15) is 16.8 Å². The molecule has 1 rings (SSSR count). The SMILES string of the molecule is CCc1ccccn1.F[P](F)(F)F. The van der Waals surface area contributed by atoms with Gasteiger partial charge in [-0.3, -0.25) is 4.98 Å². The molecule has 1 radical (unpaired) electrons. The fourth-order valence-electron chi connectivity index (χ4n) is 0.607. The van der Waals surface area contributed by atoms with Crippen molar-refractivity contribution in [2.75, 3.05) is 0 Å². The molecule has 1 nitrogen and oxygen atoms in total. The summed E-state index contributed by atoms with van der Waals surface area (Å²) in [6, 6.07) is 5.96. The van der Waals surface area contributed by atoms with Crippen molar-refractivity contribution in [3.05, 3.63) is 30.1 Å². The molecule has 0 bridgehead atoms. The predicted molar refractivity (Wildman–Crippen MR) is 45.0 cm³/mol. The van der Waals surface area contributed by atoms with Crippen LogP contribution in [0.3, 0.4) is 0 Å². The Hall–Kier alpha value is -0.700. The van der Waals surface area contributed by atoms with Gasteiger partial charge < -0.3 is 0 Å². The Labute approximate surface area is 74.6 Å². The summed E-state index contributed by atoms with van der Waals surface area (Å²) in [5.74, 6) is 0. The highest BCUT2D eigenvalue weighted by Crippen LogP contribution is 2.65. The molecule has 0 unspecified atom stereocenters. The van der Waals surface area contributed by atoms with E-state index in [-0.39, 0.29) is 0 Å². The van der Waals surface area contributed by atoms with Crippen LogP contribution in [0.1, 0.15) is 12.6 Å². The maximum Gasteiger partial charge on any atom is 0.537 e. The summed E-state index contributed by atoms with van der Waals surface area (Å²) < 4.78 is 39.2. The number of pyridine rings is 1. The number of halogens is 4. The van der Waals surface area contributed by atoms with Crippen LogP contribution in [0, 0.1) is 0 Å². The second-order valence-corrected chi connectivity index (χ2v) is 2.82. The predicted octanol–water partition coefficient (Wildman–Crippen LogP) is 4.19. The quantitative estimate of drug-likeness (QED) is 0.504. The van der Waals surface area contributed by atoms with Crippen molar-refractivity contribution in [2.45, 2.75) is 13.3 Å². The summed E-state index contributed by atoms with van der Waals surface area (Å²) in [4.78, 5) is 4.10. The topological polar surface area (TPSA) is 12.9 Å². The Morgan fingerprint density at radius 1 is 1.23 bits per heavy atom. The highest BCUT2D eigenvalue weighted by molar-refractivity contribution is 7.54. The van der Waals surface area contributed by atoms with E-state index in [2.05, 4.69) is 11.9 Å². The molecule has 0 aliphatic heterocycles. The van der Waals surface area contributed by atoms with Gasteiger partial charge in [-0.05, 0) is 18.6 Å². The summed E-state index contributed by atoms with van der Waals surface area (Å²) in [6.45, 7) is 2.10. The van der Waals surface area contributed by atoms with E-state index in [1.165, 1.54) is 0 Å². The first-order valence-electron chi connectivity index (χ1n) is 3.51. The lowest BCUT2D eigenvalue weighted by molar-refractivity contribution is 0.489. The maximum atomic E-state index is 9.80. The van der Waals surface area contributed by atoms with Crippen LogP contribution in [0.15, 0.2) is 24.4 Å². The van der Waals surface area contributed by atoms with E-state index in [0.717, 1.165) is 12.1 Å². The van der Waals surface area contributed by atoms with Crippen molar-refractivity contribution in [1.82, 2.24) is 4.98 Å². The molecule has 1 aromatic rings. The fourth-order valence-corrected chi connectivity index (χ4v) is 0.607. The van der Waals surface area contributed by atoms with Gasteiger partial charge in [0, 0.05) is 11.9 Å². The molecule has 0 saturated carbocycles. The molecule has 0 aliphatic carbocycles. The average Bonchev–Trinajstić information content (AvgIpc) is 2.03. The Morgan fingerprint density at radius 3 is 2.00 bits per heavy atom. The molecule has 0 fully saturated rings. The zero-order valence-electron chi connectivity index (χ0n) is 6.92. The normalized spacial score (nSPS) is 10.2. The second-order valence-electron chi connectivity index (χ2n) is 2.06. The van der Waals surface area contributed by atoms with Crippen molar-refractivity contribution in [2.24, 2.45) is 0 Å². The van der Waals surface area contributed by atoms with Crippen LogP contribution in [-0.2, 0) is 6.42 Å². The van der Waals surface area contributed by atoms with Crippen LogP contribution in [0.25, 0.3) is 0 Å². The van der Waals surface area contributed by atoms with Crippen LogP contribution < -0.4 is 0 Å². The summed E-state index contributed by atoms with van der Waals surface area (Å²) in [7, 11) is -6.39. The van der Waals surface area contributed by atoms with Crippen molar-refractivity contribution < 1.29 is 16.8 Å². The Balaban J connectivity index is 0.000000252. The zero-order valence-corrected chi connectivity index (χ0v) is 7.82. The Morgan fingerprint density at radius 2 is 1.77 bits per heavy atom. The van der Waals surface area contributed by atoms with Gasteiger partial charge in [0.2, 0.25) is 0 Å². The van der Waals surface area contributed by atoms with Gasteiger partial charge in [-0.15, -0.1) is 16.8 Å². The molecule has 0 aliphatic rings. The highest BCUT2D eigenvalue weighted by atomic mass is 31.3. The third-order valence-electron chi connectivity index (χ3n) is 1.09. The standard InChI is InChI=1S/C7H9N.F4P/c1-2-7-5-3-4-6-8-7;1-5(2,3)4/h3-6H,2H2,1H3;. The van der Waals surface area contributed by atoms with Crippen molar-refractivity contribution >= 4 is 8.51 Å². The molecule has 0 N–H and O–H groups in total. The van der Waals surface area contributed by atoms with Crippen molar-refractivity contribution in [3.8, 4) is 0 Å². The van der Waals surface area contributed by atoms with E-state index in [1.54, 1.807) is 0 Å². The minimum absolute atomic E-state index is 1.03. The molecule has 75 valence electrons. The molecule has 1 aromatic heterocycles. The number of nitrogens with zero attached hydrogens (tertiary/aromatic N) is 1. The first-order chi connectivity index (χ1) is 5.93. The van der Waals surface area contributed by atoms with Gasteiger partial charge >= 0.3 is 8.51 Å². The van der Waals surface area contributed by atoms with E-state index in [4.69, 9.17) is 0 Å². The van der Waals surface area contributed by atoms with Crippen molar-refractivity contribution in [3.63, 3.8) is 0 Å². The smallest absolute Gasteiger partial charge is 0.261 e. The van der Waals surface area contributed by atoms with Crippen LogP contribution in [0.5, 0.6) is 0 Å². The summed E-state index contributed by atoms with van der Waals surface area (Å²) in [6.07, 6.45) is 2.85. The molecule has 13 heavy (non-hydrogen) atoms. The monoisotopic (exact) mass is 214 g/mol. The molecule has 0 amide bonds. The minimum atomic E-state index is -6.39. The molecule has 0 spiro atoms. The highest BCUT2D eigenvalue weighted by Gasteiger charge is 2.23. The number of hydrogen-bond acceptors (Lipinski definition) is 1. The Kier molecular flexibility index (Phi) is 5.55. The zero-order chi connectivity index (χ0) is 10.3. The summed E-state index contributed by atoms with van der Waals surface area (Å²) in [5.41, 5.74) is 1.16. The lowest BCUT2D eigenvalue weighted by Gasteiger charge is -1.88. The van der Waals surface area contributed by atoms with Gasteiger partial charge in [-0.2, -0.15) is 0 Å². The van der Waals surface area contributed by atoms with E-state index in [1.807, 2.05) is 24.4 Å². The van der Waals surface area contributed by atoms with Gasteiger partial charge in [0.1, 0.15) is 0 Å². The maximum absolute atomic E-state index is 9.80. The average molecular weight is 214 g/mol. The van der Waals surface area contributed by atoms with Crippen LogP contribution in [0.4, 0.5) is 16.8 Å². The van der Waals surface area contributed by atoms with Crippen LogP contribution in [-0.4, -0.2) is 4.98 Å².